The fourth-order valence-corrected chi connectivity index (χ4v) is 3.88. The summed E-state index contributed by atoms with van der Waals surface area (Å²) in [6, 6.07) is 5.27. The van der Waals surface area contributed by atoms with Crippen molar-refractivity contribution >= 4 is 29.3 Å². The zero-order valence-electron chi connectivity index (χ0n) is 16.0. The third kappa shape index (κ3) is 3.98. The summed E-state index contributed by atoms with van der Waals surface area (Å²) < 4.78 is 13.1. The Morgan fingerprint density at radius 2 is 2.03 bits per heavy atom. The standard InChI is InChI=1S/C20H22FN5O3/c1-11-3-2-8-26(10-11)20-24-17-16(19(29)25-20)14(9-15(27)23-17)18(28)22-13-6-4-12(21)5-7-13/h4-7,11,14H,2-3,8-10H2,1H3,(H,22,28)(H2,23,24,25,27,29)/t11-,14-/m1/s1. The first-order valence-electron chi connectivity index (χ1n) is 9.66. The molecular formula is C20H22FN5O3. The summed E-state index contributed by atoms with van der Waals surface area (Å²) in [6.07, 6.45) is 1.95. The van der Waals surface area contributed by atoms with Crippen molar-refractivity contribution in [3.63, 3.8) is 0 Å². The summed E-state index contributed by atoms with van der Waals surface area (Å²) in [6.45, 7) is 3.68. The van der Waals surface area contributed by atoms with Crippen molar-refractivity contribution in [1.82, 2.24) is 9.97 Å². The number of nitrogens with zero attached hydrogens (tertiary/aromatic N) is 2. The molecule has 0 unspecified atom stereocenters. The van der Waals surface area contributed by atoms with E-state index in [1.807, 2.05) is 4.90 Å². The number of hydrogen-bond donors (Lipinski definition) is 3. The Kier molecular flexibility index (Phi) is 5.04. The largest absolute Gasteiger partial charge is 0.342 e. The van der Waals surface area contributed by atoms with E-state index in [-0.39, 0.29) is 23.7 Å². The van der Waals surface area contributed by atoms with Crippen LogP contribution in [0.3, 0.4) is 0 Å². The van der Waals surface area contributed by atoms with Crippen LogP contribution in [-0.4, -0.2) is 34.9 Å². The first-order valence-corrected chi connectivity index (χ1v) is 9.66. The second-order valence-electron chi connectivity index (χ2n) is 7.65. The van der Waals surface area contributed by atoms with E-state index >= 15 is 0 Å². The van der Waals surface area contributed by atoms with Crippen LogP contribution in [0.4, 0.5) is 21.8 Å². The smallest absolute Gasteiger partial charge is 0.258 e. The number of aromatic nitrogens is 2. The molecule has 3 heterocycles. The van der Waals surface area contributed by atoms with Crippen molar-refractivity contribution in [1.29, 1.82) is 0 Å². The number of carbonyl (C=O) groups excluding carboxylic acids is 2. The van der Waals surface area contributed by atoms with Crippen LogP contribution in [0.15, 0.2) is 29.1 Å². The van der Waals surface area contributed by atoms with Gasteiger partial charge >= 0.3 is 0 Å². The van der Waals surface area contributed by atoms with Crippen molar-refractivity contribution in [2.45, 2.75) is 32.1 Å². The number of rotatable bonds is 3. The molecule has 2 aliphatic rings. The van der Waals surface area contributed by atoms with Gasteiger partial charge in [-0.05, 0) is 43.0 Å². The number of anilines is 3. The molecule has 2 atom stereocenters. The minimum Gasteiger partial charge on any atom is -0.342 e. The van der Waals surface area contributed by atoms with Gasteiger partial charge in [0.25, 0.3) is 5.56 Å². The van der Waals surface area contributed by atoms with Crippen LogP contribution < -0.4 is 21.1 Å². The lowest BCUT2D eigenvalue weighted by atomic mass is 9.92. The maximum atomic E-state index is 13.1. The molecule has 3 N–H and O–H groups in total. The van der Waals surface area contributed by atoms with Gasteiger partial charge in [0.05, 0.1) is 11.5 Å². The second-order valence-corrected chi connectivity index (χ2v) is 7.65. The minimum atomic E-state index is -0.977. The molecule has 29 heavy (non-hydrogen) atoms. The van der Waals surface area contributed by atoms with Crippen LogP contribution in [-0.2, 0) is 9.59 Å². The predicted octanol–water partition coefficient (Wildman–Crippen LogP) is 2.21. The van der Waals surface area contributed by atoms with Crippen LogP contribution in [0.2, 0.25) is 0 Å². The average Bonchev–Trinajstić information content (AvgIpc) is 2.68. The molecule has 2 amide bonds. The number of amides is 2. The first kappa shape index (κ1) is 19.1. The molecule has 152 valence electrons. The number of piperidine rings is 1. The Labute approximate surface area is 166 Å². The Balaban J connectivity index is 1.63. The van der Waals surface area contributed by atoms with Crippen molar-refractivity contribution in [2.24, 2.45) is 5.92 Å². The van der Waals surface area contributed by atoms with Gasteiger partial charge < -0.3 is 15.5 Å². The number of nitrogens with one attached hydrogen (secondary N) is 3. The van der Waals surface area contributed by atoms with E-state index in [1.165, 1.54) is 24.3 Å². The summed E-state index contributed by atoms with van der Waals surface area (Å²) in [7, 11) is 0. The van der Waals surface area contributed by atoms with Gasteiger partial charge in [0.1, 0.15) is 11.6 Å². The number of halogens is 1. The number of benzene rings is 1. The number of aromatic amines is 1. The molecule has 1 aromatic carbocycles. The summed E-state index contributed by atoms with van der Waals surface area (Å²) in [5.41, 5.74) is 0.0766. The molecule has 0 spiro atoms. The molecular weight excluding hydrogens is 377 g/mol. The number of carbonyl (C=O) groups is 2. The number of H-pyrrole nitrogens is 1. The van der Waals surface area contributed by atoms with Gasteiger partial charge in [-0.3, -0.25) is 19.4 Å². The molecule has 0 aliphatic carbocycles. The zero-order chi connectivity index (χ0) is 20.5. The highest BCUT2D eigenvalue weighted by molar-refractivity contribution is 6.04. The fourth-order valence-electron chi connectivity index (χ4n) is 3.88. The van der Waals surface area contributed by atoms with Crippen LogP contribution in [0.1, 0.15) is 37.7 Å². The van der Waals surface area contributed by atoms with Crippen molar-refractivity contribution < 1.29 is 14.0 Å². The topological polar surface area (TPSA) is 107 Å². The third-order valence-corrected chi connectivity index (χ3v) is 5.32. The third-order valence-electron chi connectivity index (χ3n) is 5.32. The minimum absolute atomic E-state index is 0.123. The Morgan fingerprint density at radius 3 is 2.76 bits per heavy atom. The number of hydrogen-bond acceptors (Lipinski definition) is 5. The van der Waals surface area contributed by atoms with Crippen molar-refractivity contribution in [3.8, 4) is 0 Å². The predicted molar refractivity (Wildman–Crippen MR) is 106 cm³/mol. The van der Waals surface area contributed by atoms with E-state index in [2.05, 4.69) is 27.5 Å². The SMILES string of the molecule is C[C@@H]1CCCN(c2nc3c(c(=O)[nH]2)[C@H](C(=O)Nc2ccc(F)cc2)CC(=O)N3)C1. The van der Waals surface area contributed by atoms with E-state index in [0.29, 0.717) is 17.6 Å². The average molecular weight is 399 g/mol. The second kappa shape index (κ2) is 7.65. The van der Waals surface area contributed by atoms with Gasteiger partial charge in [0.15, 0.2) is 0 Å². The number of fused-ring (bicyclic) bond motifs is 1. The molecule has 9 heteroatoms. The van der Waals surface area contributed by atoms with E-state index in [1.54, 1.807) is 0 Å². The molecule has 8 nitrogen and oxygen atoms in total. The Bertz CT molecular complexity index is 1000. The van der Waals surface area contributed by atoms with E-state index in [9.17, 15) is 18.8 Å². The first-order chi connectivity index (χ1) is 13.9. The van der Waals surface area contributed by atoms with E-state index < -0.39 is 23.2 Å². The molecule has 0 bridgehead atoms. The lowest BCUT2D eigenvalue weighted by Gasteiger charge is -2.32. The maximum Gasteiger partial charge on any atom is 0.258 e. The van der Waals surface area contributed by atoms with Crippen molar-refractivity contribution in [2.75, 3.05) is 28.6 Å². The zero-order valence-corrected chi connectivity index (χ0v) is 16.0. The van der Waals surface area contributed by atoms with E-state index in [0.717, 1.165) is 25.9 Å². The Hall–Kier alpha value is -3.23. The monoisotopic (exact) mass is 399 g/mol. The molecule has 2 aliphatic heterocycles. The maximum absolute atomic E-state index is 13.1. The lowest BCUT2D eigenvalue weighted by molar-refractivity contribution is -0.123. The molecule has 1 saturated heterocycles. The highest BCUT2D eigenvalue weighted by atomic mass is 19.1. The van der Waals surface area contributed by atoms with Gasteiger partial charge in [-0.25, -0.2) is 4.39 Å². The molecule has 0 saturated carbocycles. The van der Waals surface area contributed by atoms with Gasteiger partial charge in [-0.2, -0.15) is 4.98 Å². The fraction of sp³-hybridized carbons (Fsp3) is 0.400. The van der Waals surface area contributed by atoms with E-state index in [4.69, 9.17) is 0 Å². The van der Waals surface area contributed by atoms with Gasteiger partial charge in [0, 0.05) is 25.2 Å². The van der Waals surface area contributed by atoms with Gasteiger partial charge in [-0.1, -0.05) is 6.92 Å². The van der Waals surface area contributed by atoms with Crippen LogP contribution >= 0.6 is 0 Å². The molecule has 4 rings (SSSR count). The summed E-state index contributed by atoms with van der Waals surface area (Å²) in [4.78, 5) is 47.0. The lowest BCUT2D eigenvalue weighted by Crippen LogP contribution is -2.40. The summed E-state index contributed by atoms with van der Waals surface area (Å²) in [5, 5.41) is 5.26. The molecule has 1 fully saturated rings. The normalized spacial score (nSPS) is 21.3. The van der Waals surface area contributed by atoms with Crippen LogP contribution in [0.5, 0.6) is 0 Å². The van der Waals surface area contributed by atoms with Gasteiger partial charge in [0.2, 0.25) is 17.8 Å². The summed E-state index contributed by atoms with van der Waals surface area (Å²) in [5.74, 6) is -1.29. The molecule has 2 aromatic rings. The Morgan fingerprint density at radius 1 is 1.28 bits per heavy atom. The molecule has 0 radical (unpaired) electrons. The summed E-state index contributed by atoms with van der Waals surface area (Å²) >= 11 is 0. The van der Waals surface area contributed by atoms with Crippen LogP contribution in [0.25, 0.3) is 0 Å². The van der Waals surface area contributed by atoms with Crippen molar-refractivity contribution in [3.05, 3.63) is 46.0 Å². The van der Waals surface area contributed by atoms with Gasteiger partial charge in [-0.15, -0.1) is 0 Å². The molecule has 1 aromatic heterocycles. The highest BCUT2D eigenvalue weighted by Gasteiger charge is 2.35. The van der Waals surface area contributed by atoms with Crippen LogP contribution in [0, 0.1) is 11.7 Å². The highest BCUT2D eigenvalue weighted by Crippen LogP contribution is 2.31. The quantitative estimate of drug-likeness (QED) is 0.734.